The van der Waals surface area contributed by atoms with E-state index in [2.05, 4.69) is 0 Å². The van der Waals surface area contributed by atoms with Crippen molar-refractivity contribution in [2.45, 2.75) is 19.4 Å². The topological polar surface area (TPSA) is 44.5 Å². The molecule has 1 saturated carbocycles. The highest BCUT2D eigenvalue weighted by molar-refractivity contribution is 5.40. The highest BCUT2D eigenvalue weighted by atomic mass is 16.5. The highest BCUT2D eigenvalue weighted by Crippen LogP contribution is 2.30. The molecule has 3 heteroatoms. The maximum absolute atomic E-state index is 5.65. The van der Waals surface area contributed by atoms with Crippen LogP contribution >= 0.6 is 0 Å². The molecule has 2 rings (SSSR count). The Labute approximate surface area is 90.2 Å². The zero-order valence-electron chi connectivity index (χ0n) is 9.03. The summed E-state index contributed by atoms with van der Waals surface area (Å²) >= 11 is 0. The number of methoxy groups -OCH3 is 1. The molecule has 0 aromatic heterocycles. The van der Waals surface area contributed by atoms with E-state index in [-0.39, 0.29) is 0 Å². The van der Waals surface area contributed by atoms with Crippen molar-refractivity contribution in [1.82, 2.24) is 0 Å². The minimum atomic E-state index is 0.492. The van der Waals surface area contributed by atoms with Gasteiger partial charge in [0.05, 0.1) is 13.7 Å². The molecule has 1 aliphatic rings. The zero-order valence-corrected chi connectivity index (χ0v) is 9.03. The maximum Gasteiger partial charge on any atom is 0.127 e. The first-order chi connectivity index (χ1) is 7.33. The number of hydrogen-bond donors (Lipinski definition) is 1. The number of rotatable bonds is 5. The molecule has 1 aliphatic carbocycles. The van der Waals surface area contributed by atoms with Gasteiger partial charge in [0.15, 0.2) is 0 Å². The lowest BCUT2D eigenvalue weighted by molar-refractivity contribution is 0.297. The van der Waals surface area contributed by atoms with Crippen molar-refractivity contribution in [1.29, 1.82) is 0 Å². The van der Waals surface area contributed by atoms with Crippen LogP contribution < -0.4 is 15.2 Å². The van der Waals surface area contributed by atoms with E-state index in [4.69, 9.17) is 15.2 Å². The third-order valence-corrected chi connectivity index (χ3v) is 2.66. The Morgan fingerprint density at radius 2 is 2.20 bits per heavy atom. The van der Waals surface area contributed by atoms with Crippen LogP contribution in [0.1, 0.15) is 18.4 Å². The summed E-state index contributed by atoms with van der Waals surface area (Å²) in [5, 5.41) is 0. The molecule has 0 bridgehead atoms. The van der Waals surface area contributed by atoms with Crippen molar-refractivity contribution in [3.8, 4) is 11.5 Å². The van der Waals surface area contributed by atoms with Crippen LogP contribution in [0, 0.1) is 5.92 Å². The van der Waals surface area contributed by atoms with Crippen LogP contribution in [0.3, 0.4) is 0 Å². The summed E-state index contributed by atoms with van der Waals surface area (Å²) in [6.45, 7) is 1.32. The van der Waals surface area contributed by atoms with Gasteiger partial charge >= 0.3 is 0 Å². The lowest BCUT2D eigenvalue weighted by atomic mass is 10.2. The van der Waals surface area contributed by atoms with E-state index in [0.717, 1.165) is 29.6 Å². The molecule has 0 atom stereocenters. The molecular formula is C12H17NO2. The third kappa shape index (κ3) is 2.63. The molecule has 0 saturated heterocycles. The Bertz CT molecular complexity index is 334. The lowest BCUT2D eigenvalue weighted by Gasteiger charge is -2.10. The quantitative estimate of drug-likeness (QED) is 0.802. The maximum atomic E-state index is 5.65. The van der Waals surface area contributed by atoms with Gasteiger partial charge in [-0.15, -0.1) is 0 Å². The predicted octanol–water partition coefficient (Wildman–Crippen LogP) is 1.94. The van der Waals surface area contributed by atoms with Crippen molar-refractivity contribution >= 4 is 0 Å². The number of hydrogen-bond acceptors (Lipinski definition) is 3. The lowest BCUT2D eigenvalue weighted by Crippen LogP contribution is -2.02. The SMILES string of the molecule is COc1cc(OCC2CC2)ccc1CN. The molecule has 15 heavy (non-hydrogen) atoms. The van der Waals surface area contributed by atoms with Gasteiger partial charge in [-0.2, -0.15) is 0 Å². The number of ether oxygens (including phenoxy) is 2. The molecular weight excluding hydrogens is 190 g/mol. The van der Waals surface area contributed by atoms with Gasteiger partial charge in [0.1, 0.15) is 11.5 Å². The molecule has 0 heterocycles. The fraction of sp³-hybridized carbons (Fsp3) is 0.500. The molecule has 2 N–H and O–H groups in total. The van der Waals surface area contributed by atoms with Gasteiger partial charge in [-0.3, -0.25) is 0 Å². The second kappa shape index (κ2) is 4.53. The minimum Gasteiger partial charge on any atom is -0.496 e. The average Bonchev–Trinajstić information content (AvgIpc) is 3.09. The minimum absolute atomic E-state index is 0.492. The third-order valence-electron chi connectivity index (χ3n) is 2.66. The van der Waals surface area contributed by atoms with E-state index < -0.39 is 0 Å². The van der Waals surface area contributed by atoms with Gasteiger partial charge < -0.3 is 15.2 Å². The molecule has 0 aliphatic heterocycles. The first kappa shape index (κ1) is 10.3. The standard InChI is InChI=1S/C12H17NO2/c1-14-12-6-11(5-4-10(12)7-13)15-8-9-2-3-9/h4-6,9H,2-3,7-8,13H2,1H3. The predicted molar refractivity (Wildman–Crippen MR) is 59.1 cm³/mol. The Morgan fingerprint density at radius 1 is 1.40 bits per heavy atom. The molecule has 82 valence electrons. The average molecular weight is 207 g/mol. The molecule has 3 nitrogen and oxygen atoms in total. The Balaban J connectivity index is 2.03. The van der Waals surface area contributed by atoms with Gasteiger partial charge in [0.2, 0.25) is 0 Å². The van der Waals surface area contributed by atoms with Crippen LogP contribution in [0.4, 0.5) is 0 Å². The molecule has 0 spiro atoms. The molecule has 0 radical (unpaired) electrons. The normalized spacial score (nSPS) is 15.1. The van der Waals surface area contributed by atoms with E-state index in [9.17, 15) is 0 Å². The van der Waals surface area contributed by atoms with Gasteiger partial charge in [-0.25, -0.2) is 0 Å². The highest BCUT2D eigenvalue weighted by Gasteiger charge is 2.21. The van der Waals surface area contributed by atoms with Crippen LogP contribution in [0.5, 0.6) is 11.5 Å². The van der Waals surface area contributed by atoms with Crippen LogP contribution in [0.2, 0.25) is 0 Å². The van der Waals surface area contributed by atoms with Crippen molar-refractivity contribution in [2.24, 2.45) is 11.7 Å². The second-order valence-corrected chi connectivity index (χ2v) is 3.93. The number of benzene rings is 1. The van der Waals surface area contributed by atoms with Crippen molar-refractivity contribution in [3.05, 3.63) is 23.8 Å². The van der Waals surface area contributed by atoms with Gasteiger partial charge in [-0.05, 0) is 24.8 Å². The summed E-state index contributed by atoms with van der Waals surface area (Å²) in [5.74, 6) is 2.45. The summed E-state index contributed by atoms with van der Waals surface area (Å²) in [6, 6.07) is 5.82. The van der Waals surface area contributed by atoms with E-state index in [1.54, 1.807) is 7.11 Å². The van der Waals surface area contributed by atoms with Gasteiger partial charge in [0, 0.05) is 18.2 Å². The second-order valence-electron chi connectivity index (χ2n) is 3.93. The molecule has 0 unspecified atom stereocenters. The first-order valence-corrected chi connectivity index (χ1v) is 5.33. The first-order valence-electron chi connectivity index (χ1n) is 5.33. The van der Waals surface area contributed by atoms with E-state index >= 15 is 0 Å². The zero-order chi connectivity index (χ0) is 10.7. The summed E-state index contributed by atoms with van der Waals surface area (Å²) in [7, 11) is 1.65. The summed E-state index contributed by atoms with van der Waals surface area (Å²) in [4.78, 5) is 0. The fourth-order valence-corrected chi connectivity index (χ4v) is 1.48. The van der Waals surface area contributed by atoms with Crippen LogP contribution in [-0.4, -0.2) is 13.7 Å². The van der Waals surface area contributed by atoms with E-state index in [0.29, 0.717) is 6.54 Å². The summed E-state index contributed by atoms with van der Waals surface area (Å²) < 4.78 is 10.9. The Kier molecular flexibility index (Phi) is 3.11. The largest absolute Gasteiger partial charge is 0.496 e. The number of nitrogens with two attached hydrogens (primary N) is 1. The van der Waals surface area contributed by atoms with Crippen molar-refractivity contribution < 1.29 is 9.47 Å². The Hall–Kier alpha value is -1.22. The molecule has 0 amide bonds. The van der Waals surface area contributed by atoms with Crippen LogP contribution in [0.15, 0.2) is 18.2 Å². The van der Waals surface area contributed by atoms with Gasteiger partial charge in [0.25, 0.3) is 0 Å². The van der Waals surface area contributed by atoms with Crippen LogP contribution in [-0.2, 0) is 6.54 Å². The van der Waals surface area contributed by atoms with E-state index in [1.165, 1.54) is 12.8 Å². The summed E-state index contributed by atoms with van der Waals surface area (Å²) in [5.41, 5.74) is 6.60. The fourth-order valence-electron chi connectivity index (χ4n) is 1.48. The van der Waals surface area contributed by atoms with Crippen molar-refractivity contribution in [3.63, 3.8) is 0 Å². The van der Waals surface area contributed by atoms with E-state index in [1.807, 2.05) is 18.2 Å². The van der Waals surface area contributed by atoms with Gasteiger partial charge in [-0.1, -0.05) is 6.07 Å². The monoisotopic (exact) mass is 207 g/mol. The molecule has 1 aromatic carbocycles. The molecule has 1 aromatic rings. The Morgan fingerprint density at radius 3 is 2.80 bits per heavy atom. The molecule has 1 fully saturated rings. The smallest absolute Gasteiger partial charge is 0.127 e. The van der Waals surface area contributed by atoms with Crippen LogP contribution in [0.25, 0.3) is 0 Å². The van der Waals surface area contributed by atoms with Crippen molar-refractivity contribution in [2.75, 3.05) is 13.7 Å². The summed E-state index contributed by atoms with van der Waals surface area (Å²) in [6.07, 6.45) is 2.61.